The van der Waals surface area contributed by atoms with Crippen molar-refractivity contribution in [1.82, 2.24) is 0 Å². The summed E-state index contributed by atoms with van der Waals surface area (Å²) in [7, 11) is 0. The molecule has 0 aromatic heterocycles. The lowest BCUT2D eigenvalue weighted by molar-refractivity contribution is -0.136. The second-order valence-electron chi connectivity index (χ2n) is 4.54. The quantitative estimate of drug-likeness (QED) is 0.900. The molecule has 0 bridgehead atoms. The maximum atomic E-state index is 10.8. The van der Waals surface area contributed by atoms with Crippen LogP contribution in [0.1, 0.15) is 16.7 Å². The van der Waals surface area contributed by atoms with Crippen LogP contribution in [0.2, 0.25) is 0 Å². The number of benzene rings is 2. The first kappa shape index (κ1) is 14.6. The number of aliphatic carboxylic acids is 1. The third-order valence-corrected chi connectivity index (χ3v) is 3.87. The van der Waals surface area contributed by atoms with E-state index in [-0.39, 0.29) is 6.42 Å². The highest BCUT2D eigenvalue weighted by Gasteiger charge is 2.07. The van der Waals surface area contributed by atoms with Crippen LogP contribution in [0.5, 0.6) is 5.75 Å². The molecule has 0 saturated carbocycles. The fourth-order valence-corrected chi connectivity index (χ4v) is 2.15. The normalized spacial score (nSPS) is 10.3. The van der Waals surface area contributed by atoms with Crippen LogP contribution >= 0.6 is 15.9 Å². The Kier molecular flexibility index (Phi) is 4.79. The van der Waals surface area contributed by atoms with Gasteiger partial charge in [0.15, 0.2) is 0 Å². The van der Waals surface area contributed by atoms with Crippen molar-refractivity contribution >= 4 is 21.9 Å². The molecular weight excluding hydrogens is 320 g/mol. The van der Waals surface area contributed by atoms with Crippen molar-refractivity contribution in [3.8, 4) is 5.75 Å². The van der Waals surface area contributed by atoms with Crippen molar-refractivity contribution in [2.45, 2.75) is 20.0 Å². The van der Waals surface area contributed by atoms with E-state index < -0.39 is 5.97 Å². The Balaban J connectivity index is 2.10. The molecule has 2 aromatic carbocycles. The Morgan fingerprint density at radius 2 is 1.90 bits per heavy atom. The second kappa shape index (κ2) is 6.57. The van der Waals surface area contributed by atoms with Gasteiger partial charge in [-0.3, -0.25) is 4.79 Å². The van der Waals surface area contributed by atoms with Crippen molar-refractivity contribution in [2.24, 2.45) is 0 Å². The van der Waals surface area contributed by atoms with Crippen molar-refractivity contribution in [1.29, 1.82) is 0 Å². The summed E-state index contributed by atoms with van der Waals surface area (Å²) in [4.78, 5) is 10.8. The van der Waals surface area contributed by atoms with Crippen LogP contribution in [0.15, 0.2) is 46.9 Å². The lowest BCUT2D eigenvalue weighted by Crippen LogP contribution is -2.05. The summed E-state index contributed by atoms with van der Waals surface area (Å²) in [5.41, 5.74) is 2.78. The van der Waals surface area contributed by atoms with E-state index in [0.717, 1.165) is 26.9 Å². The van der Waals surface area contributed by atoms with Crippen LogP contribution in [0.3, 0.4) is 0 Å². The summed E-state index contributed by atoms with van der Waals surface area (Å²) in [6, 6.07) is 13.2. The minimum atomic E-state index is -0.836. The molecule has 0 amide bonds. The summed E-state index contributed by atoms with van der Waals surface area (Å²) in [6.07, 6.45) is 0.0128. The topological polar surface area (TPSA) is 46.5 Å². The SMILES string of the molecule is Cc1cc(OCc2ccccc2CC(=O)O)ccc1Br. The number of carbonyl (C=O) groups is 1. The van der Waals surface area contributed by atoms with Crippen LogP contribution in [0.25, 0.3) is 0 Å². The predicted octanol–water partition coefficient (Wildman–Crippen LogP) is 3.96. The van der Waals surface area contributed by atoms with Gasteiger partial charge in [0.1, 0.15) is 12.4 Å². The van der Waals surface area contributed by atoms with Crippen molar-refractivity contribution < 1.29 is 14.6 Å². The highest BCUT2D eigenvalue weighted by Crippen LogP contribution is 2.22. The van der Waals surface area contributed by atoms with E-state index in [1.54, 1.807) is 0 Å². The standard InChI is InChI=1S/C16H15BrO3/c1-11-8-14(6-7-15(11)17)20-10-13-5-3-2-4-12(13)9-16(18)19/h2-8H,9-10H2,1H3,(H,18,19). The van der Waals surface area contributed by atoms with E-state index in [2.05, 4.69) is 15.9 Å². The van der Waals surface area contributed by atoms with Gasteiger partial charge in [0.25, 0.3) is 0 Å². The molecule has 2 aromatic rings. The van der Waals surface area contributed by atoms with E-state index in [1.165, 1.54) is 0 Å². The maximum Gasteiger partial charge on any atom is 0.307 e. The molecule has 0 saturated heterocycles. The van der Waals surface area contributed by atoms with Crippen molar-refractivity contribution in [3.05, 3.63) is 63.6 Å². The molecule has 3 nitrogen and oxygen atoms in total. The highest BCUT2D eigenvalue weighted by atomic mass is 79.9. The Morgan fingerprint density at radius 1 is 1.20 bits per heavy atom. The molecule has 0 spiro atoms. The monoisotopic (exact) mass is 334 g/mol. The van der Waals surface area contributed by atoms with Gasteiger partial charge in [0.05, 0.1) is 6.42 Å². The van der Waals surface area contributed by atoms with E-state index in [4.69, 9.17) is 9.84 Å². The number of hydrogen-bond acceptors (Lipinski definition) is 2. The number of rotatable bonds is 5. The number of ether oxygens (including phenoxy) is 1. The number of aryl methyl sites for hydroxylation is 1. The fraction of sp³-hybridized carbons (Fsp3) is 0.188. The van der Waals surface area contributed by atoms with Gasteiger partial charge in [-0.25, -0.2) is 0 Å². The molecule has 0 aliphatic rings. The lowest BCUT2D eigenvalue weighted by atomic mass is 10.1. The molecule has 0 heterocycles. The summed E-state index contributed by atoms with van der Waals surface area (Å²) in [5.74, 6) is -0.0623. The van der Waals surface area contributed by atoms with Gasteiger partial charge < -0.3 is 9.84 Å². The Bertz CT molecular complexity index is 623. The minimum Gasteiger partial charge on any atom is -0.489 e. The first-order valence-corrected chi connectivity index (χ1v) is 7.03. The summed E-state index contributed by atoms with van der Waals surface area (Å²) < 4.78 is 6.77. The third kappa shape index (κ3) is 3.84. The van der Waals surface area contributed by atoms with Gasteiger partial charge in [0.2, 0.25) is 0 Å². The first-order valence-electron chi connectivity index (χ1n) is 6.24. The van der Waals surface area contributed by atoms with E-state index >= 15 is 0 Å². The molecule has 0 aliphatic heterocycles. The molecule has 0 fully saturated rings. The average molecular weight is 335 g/mol. The molecular formula is C16H15BrO3. The minimum absolute atomic E-state index is 0.0128. The van der Waals surface area contributed by atoms with Crippen LogP contribution in [-0.4, -0.2) is 11.1 Å². The molecule has 0 unspecified atom stereocenters. The highest BCUT2D eigenvalue weighted by molar-refractivity contribution is 9.10. The Hall–Kier alpha value is -1.81. The summed E-state index contributed by atoms with van der Waals surface area (Å²) in [5, 5.41) is 8.90. The van der Waals surface area contributed by atoms with Crippen LogP contribution in [0.4, 0.5) is 0 Å². The number of carboxylic acid groups (broad SMARTS) is 1. The van der Waals surface area contributed by atoms with Crippen LogP contribution in [-0.2, 0) is 17.8 Å². The summed E-state index contributed by atoms with van der Waals surface area (Å²) in [6.45, 7) is 2.36. The van der Waals surface area contributed by atoms with Crippen LogP contribution < -0.4 is 4.74 Å². The zero-order chi connectivity index (χ0) is 14.5. The molecule has 0 aliphatic carbocycles. The molecule has 2 rings (SSSR count). The molecule has 104 valence electrons. The van der Waals surface area contributed by atoms with E-state index in [0.29, 0.717) is 6.61 Å². The molecule has 1 N–H and O–H groups in total. The van der Waals surface area contributed by atoms with Crippen LogP contribution in [0, 0.1) is 6.92 Å². The van der Waals surface area contributed by atoms with Gasteiger partial charge in [0, 0.05) is 4.47 Å². The van der Waals surface area contributed by atoms with Gasteiger partial charge in [-0.15, -0.1) is 0 Å². The van der Waals surface area contributed by atoms with Gasteiger partial charge >= 0.3 is 5.97 Å². The second-order valence-corrected chi connectivity index (χ2v) is 5.39. The van der Waals surface area contributed by atoms with Gasteiger partial charge in [-0.05, 0) is 41.8 Å². The van der Waals surface area contributed by atoms with Gasteiger partial charge in [-0.2, -0.15) is 0 Å². The zero-order valence-corrected chi connectivity index (χ0v) is 12.7. The number of carboxylic acids is 1. The molecule has 0 radical (unpaired) electrons. The van der Waals surface area contributed by atoms with Crippen molar-refractivity contribution in [3.63, 3.8) is 0 Å². The number of halogens is 1. The van der Waals surface area contributed by atoms with E-state index in [1.807, 2.05) is 49.4 Å². The lowest BCUT2D eigenvalue weighted by Gasteiger charge is -2.11. The largest absolute Gasteiger partial charge is 0.489 e. The van der Waals surface area contributed by atoms with Gasteiger partial charge in [-0.1, -0.05) is 40.2 Å². The number of hydrogen-bond donors (Lipinski definition) is 1. The molecule has 20 heavy (non-hydrogen) atoms. The molecule has 0 atom stereocenters. The average Bonchev–Trinajstić information content (AvgIpc) is 2.41. The third-order valence-electron chi connectivity index (χ3n) is 2.98. The zero-order valence-electron chi connectivity index (χ0n) is 11.1. The Labute approximate surface area is 126 Å². The Morgan fingerprint density at radius 3 is 2.55 bits per heavy atom. The summed E-state index contributed by atoms with van der Waals surface area (Å²) >= 11 is 3.44. The first-order chi connectivity index (χ1) is 9.56. The van der Waals surface area contributed by atoms with E-state index in [9.17, 15) is 4.79 Å². The smallest absolute Gasteiger partial charge is 0.307 e. The molecule has 4 heteroatoms. The fourth-order valence-electron chi connectivity index (χ4n) is 1.90. The van der Waals surface area contributed by atoms with Crippen molar-refractivity contribution in [2.75, 3.05) is 0 Å². The predicted molar refractivity (Wildman–Crippen MR) is 81.0 cm³/mol. The maximum absolute atomic E-state index is 10.8.